The summed E-state index contributed by atoms with van der Waals surface area (Å²) < 4.78 is 33.2. The lowest BCUT2D eigenvalue weighted by molar-refractivity contribution is -0.264. The van der Waals surface area contributed by atoms with E-state index in [9.17, 15) is 30.0 Å². The first-order valence-corrected chi connectivity index (χ1v) is 24.6. The zero-order chi connectivity index (χ0) is 44.9. The molecule has 6 aliphatic heterocycles. The van der Waals surface area contributed by atoms with Crippen molar-refractivity contribution in [1.29, 1.82) is 0 Å². The molecule has 352 valence electrons. The summed E-state index contributed by atoms with van der Waals surface area (Å²) in [5.41, 5.74) is -6.01. The number of hydrogen-bond acceptors (Lipinski definition) is 14. The second-order valence-electron chi connectivity index (χ2n) is 23.3. The maximum absolute atomic E-state index is 15.5. The number of carbonyl (C=O) groups is 3. The van der Waals surface area contributed by atoms with E-state index in [1.54, 1.807) is 6.26 Å². The molecule has 10 aliphatic rings. The number of fused-ring (bicyclic) bond motifs is 5. The van der Waals surface area contributed by atoms with Gasteiger partial charge in [-0.05, 0) is 125 Å². The van der Waals surface area contributed by atoms with E-state index in [1.165, 1.54) is 0 Å². The highest BCUT2D eigenvalue weighted by atomic mass is 16.7. The smallest absolute Gasteiger partial charge is 0.339 e. The van der Waals surface area contributed by atoms with E-state index in [2.05, 4.69) is 43.3 Å². The average Bonchev–Trinajstić information content (AvgIpc) is 3.67. The minimum absolute atomic E-state index is 0.0388. The van der Waals surface area contributed by atoms with Crippen LogP contribution in [0.3, 0.4) is 0 Å². The Kier molecular flexibility index (Phi) is 10.1. The molecule has 0 bridgehead atoms. The van der Waals surface area contributed by atoms with Crippen LogP contribution < -0.4 is 5.32 Å². The Hall–Kier alpha value is -2.85. The zero-order valence-electron chi connectivity index (χ0n) is 38.2. The molecule has 64 heavy (non-hydrogen) atoms. The first-order chi connectivity index (χ1) is 30.5. The number of ketones is 1. The van der Waals surface area contributed by atoms with E-state index in [0.717, 1.165) is 38.9 Å². The number of nitrogens with zero attached hydrogens (tertiary/aromatic N) is 1. The van der Waals surface area contributed by atoms with Crippen molar-refractivity contribution in [1.82, 2.24) is 10.2 Å². The number of hydrogen-bond donors (Lipinski definition) is 5. The number of esters is 2. The summed E-state index contributed by atoms with van der Waals surface area (Å²) in [7, 11) is 0. The molecule has 5 N–H and O–H groups in total. The molecule has 0 aromatic carbocycles. The van der Waals surface area contributed by atoms with Crippen molar-refractivity contribution < 1.29 is 58.2 Å². The van der Waals surface area contributed by atoms with Crippen LogP contribution in [0, 0.1) is 69.0 Å². The van der Waals surface area contributed by atoms with Crippen LogP contribution in [-0.4, -0.2) is 118 Å². The Morgan fingerprint density at radius 3 is 2.58 bits per heavy atom. The number of nitrogens with one attached hydrogen (secondary N) is 1. The molecule has 14 heteroatoms. The van der Waals surface area contributed by atoms with Crippen LogP contribution in [0.4, 0.5) is 0 Å². The zero-order valence-corrected chi connectivity index (χ0v) is 38.2. The largest absolute Gasteiger partial charge is 0.469 e. The van der Waals surface area contributed by atoms with Crippen molar-refractivity contribution in [3.63, 3.8) is 0 Å². The maximum atomic E-state index is 15.5. The number of ether oxygens (including phenoxy) is 4. The summed E-state index contributed by atoms with van der Waals surface area (Å²) in [6.07, 6.45) is 8.06. The van der Waals surface area contributed by atoms with Crippen LogP contribution in [0.1, 0.15) is 116 Å². The van der Waals surface area contributed by atoms with Crippen molar-refractivity contribution in [2.75, 3.05) is 33.0 Å². The molecule has 4 aliphatic carbocycles. The lowest BCUT2D eigenvalue weighted by atomic mass is 9.35. The SMILES string of the molecule is CC(C)CC[C@]1(C)O[C@H]2[C@@]3(CC[C@@H](CO)C3)C(=O)OC[C@]23[C@H]2CC[C@@]4(C)[C@H](c5ccoc5C[C@@H]([C@H]5CC[C@H]6[C@H](C=CN7CNC[C@@H]67)C5)[C@H](O)CO)OC(=O)[C@H]5O[C@]54[C@]2(C)[C@H](O)C(=O)[C@@H]31. The van der Waals surface area contributed by atoms with E-state index in [0.29, 0.717) is 80.1 Å². The minimum Gasteiger partial charge on any atom is -0.469 e. The molecule has 1 aromatic heterocycles. The second-order valence-corrected chi connectivity index (χ2v) is 23.3. The van der Waals surface area contributed by atoms with Gasteiger partial charge in [0.25, 0.3) is 0 Å². The Morgan fingerprint density at radius 2 is 1.83 bits per heavy atom. The number of rotatable bonds is 10. The van der Waals surface area contributed by atoms with E-state index >= 15 is 4.79 Å². The third-order valence-corrected chi connectivity index (χ3v) is 20.1. The molecule has 11 rings (SSSR count). The minimum atomic E-state index is -1.52. The topological polar surface area (TPSA) is 201 Å². The third-order valence-electron chi connectivity index (χ3n) is 20.1. The number of carbonyl (C=O) groups excluding carboxylic acids is 3. The van der Waals surface area contributed by atoms with Crippen LogP contribution >= 0.6 is 0 Å². The standard InChI is InChI=1S/C50H70N2O12/c1-26(2)8-14-46(4)38-37(56)39(57)47(5)36(49(38)24-61-44(59)48(43(49)64-46)15-9-27(20-48)22-53)10-13-45(3)40(62-42(58)41-50(45,47)63-41)31-12-17-60-35(31)19-32(34(55)23-54)28-6-7-30-29(18-28)11-16-52-25-51-21-33(30)52/h11-12,16-17,26-30,32-34,36,38-41,43,51,53-55,57H,6-10,13-15,18-25H2,1-5H3/t27-,28+,29-,30+,32+,33+,34-,36+,38-,39-,40+,41-,43+,45+,46+,47+,48+,49-,50-/m1/s1. The molecule has 0 radical (unpaired) electrons. The van der Waals surface area contributed by atoms with Gasteiger partial charge in [0.05, 0.1) is 48.7 Å². The van der Waals surface area contributed by atoms with E-state index in [-0.39, 0.29) is 49.3 Å². The quantitative estimate of drug-likeness (QED) is 0.165. The summed E-state index contributed by atoms with van der Waals surface area (Å²) >= 11 is 0. The predicted octanol–water partition coefficient (Wildman–Crippen LogP) is 4.22. The molecule has 7 heterocycles. The van der Waals surface area contributed by atoms with Gasteiger partial charge in [0, 0.05) is 47.4 Å². The van der Waals surface area contributed by atoms with E-state index in [4.69, 9.17) is 23.4 Å². The second kappa shape index (κ2) is 14.8. The maximum Gasteiger partial charge on any atom is 0.339 e. The summed E-state index contributed by atoms with van der Waals surface area (Å²) in [6.45, 7) is 11.6. The molecule has 4 saturated carbocycles. The first-order valence-electron chi connectivity index (χ1n) is 24.6. The fraction of sp³-hybridized carbons (Fsp3) is 0.820. The van der Waals surface area contributed by atoms with Crippen LogP contribution in [0.2, 0.25) is 0 Å². The summed E-state index contributed by atoms with van der Waals surface area (Å²) in [5.74, 6) is -0.991. The summed E-state index contributed by atoms with van der Waals surface area (Å²) in [4.78, 5) is 46.6. The van der Waals surface area contributed by atoms with Gasteiger partial charge < -0.3 is 48.7 Å². The van der Waals surface area contributed by atoms with Gasteiger partial charge in [-0.1, -0.05) is 33.8 Å². The number of allylic oxidation sites excluding steroid dienone is 1. The molecule has 1 aromatic rings. The molecular weight excluding hydrogens is 821 g/mol. The van der Waals surface area contributed by atoms with Gasteiger partial charge in [0.2, 0.25) is 0 Å². The molecular formula is C50H70N2O12. The monoisotopic (exact) mass is 890 g/mol. The van der Waals surface area contributed by atoms with Gasteiger partial charge in [-0.15, -0.1) is 0 Å². The van der Waals surface area contributed by atoms with Gasteiger partial charge in [0.1, 0.15) is 30.2 Å². The van der Waals surface area contributed by atoms with Crippen molar-refractivity contribution in [3.8, 4) is 0 Å². The molecule has 9 fully saturated rings. The van der Waals surface area contributed by atoms with Crippen molar-refractivity contribution >= 4 is 17.7 Å². The predicted molar refractivity (Wildman–Crippen MR) is 228 cm³/mol. The van der Waals surface area contributed by atoms with Crippen molar-refractivity contribution in [3.05, 3.63) is 35.9 Å². The molecule has 3 spiro atoms. The summed E-state index contributed by atoms with van der Waals surface area (Å²) in [6, 6.07) is 2.31. The van der Waals surface area contributed by atoms with Crippen molar-refractivity contribution in [2.24, 2.45) is 69.0 Å². The highest BCUT2D eigenvalue weighted by molar-refractivity contribution is 5.92. The van der Waals surface area contributed by atoms with Gasteiger partial charge in [-0.25, -0.2) is 4.79 Å². The van der Waals surface area contributed by atoms with Crippen molar-refractivity contribution in [2.45, 2.75) is 153 Å². The van der Waals surface area contributed by atoms with Gasteiger partial charge in [-0.3, -0.25) is 14.9 Å². The number of epoxide rings is 1. The van der Waals surface area contributed by atoms with Crippen LogP contribution in [-0.2, 0) is 39.8 Å². The molecule has 0 amide bonds. The van der Waals surface area contributed by atoms with E-state index in [1.807, 2.05) is 19.9 Å². The summed E-state index contributed by atoms with van der Waals surface area (Å²) in [5, 5.41) is 48.7. The number of Topliss-reactive ketones (excluding diaryl/α,β-unsaturated/α-hetero) is 1. The normalized spacial score (nSPS) is 49.6. The number of cyclic esters (lactones) is 2. The Labute approximate surface area is 376 Å². The molecule has 14 nitrogen and oxygen atoms in total. The number of furan rings is 1. The lowest BCUT2D eigenvalue weighted by Gasteiger charge is -2.67. The van der Waals surface area contributed by atoms with Gasteiger partial charge >= 0.3 is 11.9 Å². The molecule has 0 unspecified atom stereocenters. The van der Waals surface area contributed by atoms with Gasteiger partial charge in [-0.2, -0.15) is 0 Å². The molecule has 5 saturated heterocycles. The van der Waals surface area contributed by atoms with Crippen LogP contribution in [0.25, 0.3) is 0 Å². The Balaban J connectivity index is 0.958. The first kappa shape index (κ1) is 43.7. The van der Waals surface area contributed by atoms with Crippen LogP contribution in [0.5, 0.6) is 0 Å². The number of aliphatic hydroxyl groups is 4. The molecule has 19 atom stereocenters. The Morgan fingerprint density at radius 1 is 1.02 bits per heavy atom. The van der Waals surface area contributed by atoms with Gasteiger partial charge in [0.15, 0.2) is 11.9 Å². The highest BCUT2D eigenvalue weighted by Crippen LogP contribution is 2.81. The lowest BCUT2D eigenvalue weighted by Crippen LogP contribution is -2.77. The van der Waals surface area contributed by atoms with Crippen LogP contribution in [0.15, 0.2) is 29.0 Å². The van der Waals surface area contributed by atoms with E-state index < -0.39 is 81.2 Å². The average molecular weight is 891 g/mol. The fourth-order valence-corrected chi connectivity index (χ4v) is 17.1. The Bertz CT molecular complexity index is 2090. The number of aliphatic hydroxyl groups excluding tert-OH is 4. The third kappa shape index (κ3) is 5.53. The highest BCUT2D eigenvalue weighted by Gasteiger charge is 2.92. The fourth-order valence-electron chi connectivity index (χ4n) is 17.1.